The Bertz CT molecular complexity index is 522. The Balaban J connectivity index is 1.89. The van der Waals surface area contributed by atoms with Crippen LogP contribution in [0.3, 0.4) is 0 Å². The minimum atomic E-state index is 0.270. The van der Waals surface area contributed by atoms with E-state index in [1.54, 1.807) is 0 Å². The van der Waals surface area contributed by atoms with Crippen molar-refractivity contribution in [1.29, 1.82) is 0 Å². The number of benzene rings is 1. The maximum atomic E-state index is 5.55. The number of aryl methyl sites for hydroxylation is 1. The standard InChI is InChI=1S/C19H31N3OS/c1-4-16-8-6-7-9-17(16)14-21-18(20-3)22-15-19(24-5-2)10-12-23-13-11-19/h6-9H,4-5,10-15H2,1-3H3,(H2,20,21,22). The normalized spacial score (nSPS) is 17.5. The van der Waals surface area contributed by atoms with Crippen LogP contribution in [0.25, 0.3) is 0 Å². The molecule has 0 aliphatic carbocycles. The number of hydrogen-bond donors (Lipinski definition) is 2. The first-order valence-corrected chi connectivity index (χ1v) is 9.94. The number of ether oxygens (including phenoxy) is 1. The summed E-state index contributed by atoms with van der Waals surface area (Å²) in [4.78, 5) is 4.39. The molecule has 1 heterocycles. The number of aliphatic imine (C=N–C) groups is 1. The summed E-state index contributed by atoms with van der Waals surface area (Å²) in [5.41, 5.74) is 2.73. The highest BCUT2D eigenvalue weighted by Crippen LogP contribution is 2.34. The lowest BCUT2D eigenvalue weighted by Gasteiger charge is -2.37. The van der Waals surface area contributed by atoms with Gasteiger partial charge >= 0.3 is 0 Å². The molecule has 5 heteroatoms. The Labute approximate surface area is 150 Å². The molecule has 0 atom stereocenters. The molecule has 0 saturated carbocycles. The molecule has 1 fully saturated rings. The summed E-state index contributed by atoms with van der Waals surface area (Å²) in [6.07, 6.45) is 3.27. The van der Waals surface area contributed by atoms with E-state index in [1.807, 2.05) is 18.8 Å². The van der Waals surface area contributed by atoms with E-state index in [4.69, 9.17) is 4.74 Å². The molecule has 0 spiro atoms. The van der Waals surface area contributed by atoms with Crippen molar-refractivity contribution < 1.29 is 4.74 Å². The third-order valence-electron chi connectivity index (χ3n) is 4.60. The average Bonchev–Trinajstić information content (AvgIpc) is 2.63. The van der Waals surface area contributed by atoms with Crippen molar-refractivity contribution in [2.75, 3.05) is 32.6 Å². The first-order chi connectivity index (χ1) is 11.7. The third-order valence-corrected chi connectivity index (χ3v) is 6.06. The van der Waals surface area contributed by atoms with Gasteiger partial charge in [-0.3, -0.25) is 4.99 Å². The fraction of sp³-hybridized carbons (Fsp3) is 0.632. The number of hydrogen-bond acceptors (Lipinski definition) is 3. The minimum absolute atomic E-state index is 0.270. The fourth-order valence-corrected chi connectivity index (χ4v) is 4.38. The van der Waals surface area contributed by atoms with Gasteiger partial charge in [0.25, 0.3) is 0 Å². The molecule has 2 rings (SSSR count). The van der Waals surface area contributed by atoms with Crippen LogP contribution in [-0.4, -0.2) is 43.3 Å². The zero-order valence-electron chi connectivity index (χ0n) is 15.2. The van der Waals surface area contributed by atoms with E-state index >= 15 is 0 Å². The van der Waals surface area contributed by atoms with E-state index in [9.17, 15) is 0 Å². The molecule has 4 nitrogen and oxygen atoms in total. The van der Waals surface area contributed by atoms with Gasteiger partial charge < -0.3 is 15.4 Å². The van der Waals surface area contributed by atoms with Crippen molar-refractivity contribution in [2.45, 2.75) is 44.4 Å². The first kappa shape index (κ1) is 19.1. The van der Waals surface area contributed by atoms with Crippen molar-refractivity contribution in [3.63, 3.8) is 0 Å². The molecule has 0 radical (unpaired) electrons. The van der Waals surface area contributed by atoms with E-state index < -0.39 is 0 Å². The number of thioether (sulfide) groups is 1. The van der Waals surface area contributed by atoms with Gasteiger partial charge in [-0.1, -0.05) is 38.1 Å². The molecule has 0 aromatic heterocycles. The Morgan fingerprint density at radius 2 is 1.88 bits per heavy atom. The number of nitrogens with one attached hydrogen (secondary N) is 2. The third kappa shape index (κ3) is 5.42. The van der Waals surface area contributed by atoms with E-state index in [1.165, 1.54) is 11.1 Å². The molecule has 0 amide bonds. The van der Waals surface area contributed by atoms with Crippen LogP contribution in [0.5, 0.6) is 0 Å². The highest BCUT2D eigenvalue weighted by atomic mass is 32.2. The molecule has 1 saturated heterocycles. The van der Waals surface area contributed by atoms with Gasteiger partial charge in [0.05, 0.1) is 0 Å². The highest BCUT2D eigenvalue weighted by Gasteiger charge is 2.32. The lowest BCUT2D eigenvalue weighted by atomic mass is 9.99. The molecule has 2 N–H and O–H groups in total. The van der Waals surface area contributed by atoms with Crippen LogP contribution in [0, 0.1) is 0 Å². The van der Waals surface area contributed by atoms with Crippen molar-refractivity contribution in [3.05, 3.63) is 35.4 Å². The van der Waals surface area contributed by atoms with Crippen LogP contribution in [0.15, 0.2) is 29.3 Å². The van der Waals surface area contributed by atoms with Crippen molar-refractivity contribution in [2.24, 2.45) is 4.99 Å². The monoisotopic (exact) mass is 349 g/mol. The Kier molecular flexibility index (Phi) is 7.92. The lowest BCUT2D eigenvalue weighted by molar-refractivity contribution is 0.0782. The predicted molar refractivity (Wildman–Crippen MR) is 105 cm³/mol. The van der Waals surface area contributed by atoms with Crippen molar-refractivity contribution in [3.8, 4) is 0 Å². The largest absolute Gasteiger partial charge is 0.381 e. The van der Waals surface area contributed by atoms with Crippen LogP contribution in [0.1, 0.15) is 37.8 Å². The van der Waals surface area contributed by atoms with Crippen molar-refractivity contribution >= 4 is 17.7 Å². The lowest BCUT2D eigenvalue weighted by Crippen LogP contribution is -2.48. The van der Waals surface area contributed by atoms with Gasteiger partial charge in [-0.2, -0.15) is 11.8 Å². The maximum Gasteiger partial charge on any atom is 0.191 e. The van der Waals surface area contributed by atoms with Gasteiger partial charge in [-0.25, -0.2) is 0 Å². The zero-order chi connectivity index (χ0) is 17.3. The molecule has 1 aliphatic heterocycles. The number of rotatable bonds is 7. The Hall–Kier alpha value is -1.20. The van der Waals surface area contributed by atoms with Gasteiger partial charge in [0.2, 0.25) is 0 Å². The Morgan fingerprint density at radius 3 is 2.50 bits per heavy atom. The van der Waals surface area contributed by atoms with Crippen LogP contribution in [0.4, 0.5) is 0 Å². The molecule has 1 aliphatic rings. The topological polar surface area (TPSA) is 45.7 Å². The number of guanidine groups is 1. The van der Waals surface area contributed by atoms with Gasteiger partial charge in [-0.15, -0.1) is 0 Å². The summed E-state index contributed by atoms with van der Waals surface area (Å²) in [7, 11) is 1.84. The zero-order valence-corrected chi connectivity index (χ0v) is 16.0. The molecule has 134 valence electrons. The summed E-state index contributed by atoms with van der Waals surface area (Å²) in [5.74, 6) is 2.01. The first-order valence-electron chi connectivity index (χ1n) is 8.96. The van der Waals surface area contributed by atoms with Crippen LogP contribution >= 0.6 is 11.8 Å². The van der Waals surface area contributed by atoms with Crippen molar-refractivity contribution in [1.82, 2.24) is 10.6 Å². The molecule has 1 aromatic carbocycles. The SMILES string of the molecule is CCSC1(CNC(=NC)NCc2ccccc2CC)CCOCC1. The van der Waals surface area contributed by atoms with Gasteiger partial charge in [0.1, 0.15) is 0 Å². The molecular weight excluding hydrogens is 318 g/mol. The summed E-state index contributed by atoms with van der Waals surface area (Å²) in [6.45, 7) is 7.90. The number of nitrogens with zero attached hydrogens (tertiary/aromatic N) is 1. The average molecular weight is 350 g/mol. The summed E-state index contributed by atoms with van der Waals surface area (Å²) >= 11 is 2.05. The van der Waals surface area contributed by atoms with E-state index in [2.05, 4.69) is 53.7 Å². The quantitative estimate of drug-likeness (QED) is 0.586. The van der Waals surface area contributed by atoms with E-state index in [0.717, 1.165) is 57.3 Å². The van der Waals surface area contributed by atoms with E-state index in [0.29, 0.717) is 0 Å². The molecule has 24 heavy (non-hydrogen) atoms. The second-order valence-corrected chi connectivity index (χ2v) is 7.86. The minimum Gasteiger partial charge on any atom is -0.381 e. The maximum absolute atomic E-state index is 5.55. The summed E-state index contributed by atoms with van der Waals surface area (Å²) < 4.78 is 5.82. The molecule has 1 aromatic rings. The van der Waals surface area contributed by atoms with Crippen LogP contribution in [-0.2, 0) is 17.7 Å². The van der Waals surface area contributed by atoms with Gasteiger partial charge in [0, 0.05) is 38.1 Å². The molecular formula is C19H31N3OS. The Morgan fingerprint density at radius 1 is 1.17 bits per heavy atom. The summed E-state index contributed by atoms with van der Waals surface area (Å²) in [5, 5.41) is 6.99. The fourth-order valence-electron chi connectivity index (χ4n) is 3.14. The second kappa shape index (κ2) is 9.94. The second-order valence-electron chi connectivity index (χ2n) is 6.13. The van der Waals surface area contributed by atoms with Crippen LogP contribution < -0.4 is 10.6 Å². The summed E-state index contributed by atoms with van der Waals surface area (Å²) in [6, 6.07) is 8.59. The highest BCUT2D eigenvalue weighted by molar-refractivity contribution is 8.00. The van der Waals surface area contributed by atoms with Gasteiger partial charge in [-0.05, 0) is 36.1 Å². The van der Waals surface area contributed by atoms with Crippen LogP contribution in [0.2, 0.25) is 0 Å². The van der Waals surface area contributed by atoms with Gasteiger partial charge in [0.15, 0.2) is 5.96 Å². The smallest absolute Gasteiger partial charge is 0.191 e. The predicted octanol–water partition coefficient (Wildman–Crippen LogP) is 3.22. The van der Waals surface area contributed by atoms with E-state index in [-0.39, 0.29) is 4.75 Å². The molecule has 0 bridgehead atoms. The molecule has 0 unspecified atom stereocenters.